The summed E-state index contributed by atoms with van der Waals surface area (Å²) in [4.78, 5) is 0. The first-order valence-electron chi connectivity index (χ1n) is 4.25. The number of epoxide rings is 1. The fourth-order valence-corrected chi connectivity index (χ4v) is 1.75. The third-order valence-corrected chi connectivity index (χ3v) is 2.76. The lowest BCUT2D eigenvalue weighted by molar-refractivity contribution is 0.0768. The van der Waals surface area contributed by atoms with Crippen molar-refractivity contribution in [3.63, 3.8) is 0 Å². The largest absolute Gasteiger partial charge is 0.369 e. The molecule has 2 unspecified atom stereocenters. The van der Waals surface area contributed by atoms with Gasteiger partial charge in [-0.1, -0.05) is 13.3 Å². The zero-order valence-corrected chi connectivity index (χ0v) is 8.29. The molecule has 0 saturated carbocycles. The molecular formula is C7H14O5S. The molecular weight excluding hydrogens is 196 g/mol. The molecule has 13 heavy (non-hydrogen) atoms. The average molecular weight is 210 g/mol. The quantitative estimate of drug-likeness (QED) is 0.390. The fourth-order valence-electron chi connectivity index (χ4n) is 0.942. The molecule has 5 nitrogen and oxygen atoms in total. The Labute approximate surface area is 77.8 Å². The van der Waals surface area contributed by atoms with Gasteiger partial charge >= 0.3 is 0 Å². The summed E-state index contributed by atoms with van der Waals surface area (Å²) < 4.78 is 40.0. The van der Waals surface area contributed by atoms with Gasteiger partial charge in [0.25, 0.3) is 10.1 Å². The summed E-state index contributed by atoms with van der Waals surface area (Å²) in [6.07, 6.45) is 1.22. The van der Waals surface area contributed by atoms with Gasteiger partial charge < -0.3 is 9.47 Å². The highest BCUT2D eigenvalue weighted by atomic mass is 32.2. The standard InChI is InChI=1S/C7H14O5S/c1-2-3-4-11-7(6-5-12-6)13(8,9)10/h6-7H,2-5H2,1H3,(H,8,9,10). The van der Waals surface area contributed by atoms with Crippen molar-refractivity contribution in [2.45, 2.75) is 31.3 Å². The first kappa shape index (κ1) is 10.9. The van der Waals surface area contributed by atoms with Gasteiger partial charge in [0.1, 0.15) is 6.10 Å². The molecule has 0 aromatic carbocycles. The van der Waals surface area contributed by atoms with Gasteiger partial charge in [-0.05, 0) is 6.42 Å². The van der Waals surface area contributed by atoms with Gasteiger partial charge in [0.05, 0.1) is 6.61 Å². The van der Waals surface area contributed by atoms with Crippen molar-refractivity contribution in [3.05, 3.63) is 0 Å². The maximum atomic E-state index is 10.8. The second-order valence-corrected chi connectivity index (χ2v) is 4.47. The molecule has 1 aliphatic rings. The third kappa shape index (κ3) is 3.60. The van der Waals surface area contributed by atoms with Crippen LogP contribution in [0.25, 0.3) is 0 Å². The zero-order valence-electron chi connectivity index (χ0n) is 7.47. The van der Waals surface area contributed by atoms with Gasteiger partial charge in [-0.25, -0.2) is 0 Å². The minimum absolute atomic E-state index is 0.334. The number of unbranched alkanes of at least 4 members (excludes halogenated alkanes) is 1. The maximum Gasteiger partial charge on any atom is 0.295 e. The van der Waals surface area contributed by atoms with E-state index in [9.17, 15) is 8.42 Å². The summed E-state index contributed by atoms with van der Waals surface area (Å²) in [6.45, 7) is 2.65. The van der Waals surface area contributed by atoms with E-state index in [-0.39, 0.29) is 0 Å². The van der Waals surface area contributed by atoms with Gasteiger partial charge in [-0.2, -0.15) is 8.42 Å². The second kappa shape index (κ2) is 4.36. The van der Waals surface area contributed by atoms with E-state index < -0.39 is 21.7 Å². The molecule has 0 aliphatic carbocycles. The molecule has 1 fully saturated rings. The van der Waals surface area contributed by atoms with E-state index >= 15 is 0 Å². The molecule has 1 N–H and O–H groups in total. The van der Waals surface area contributed by atoms with Gasteiger partial charge in [-0.3, -0.25) is 4.55 Å². The zero-order chi connectivity index (χ0) is 9.90. The van der Waals surface area contributed by atoms with Crippen LogP contribution in [0, 0.1) is 0 Å². The molecule has 1 aliphatic heterocycles. The highest BCUT2D eigenvalue weighted by Gasteiger charge is 2.41. The Morgan fingerprint density at radius 3 is 2.69 bits per heavy atom. The fraction of sp³-hybridized carbons (Fsp3) is 1.00. The lowest BCUT2D eigenvalue weighted by Gasteiger charge is -2.11. The van der Waals surface area contributed by atoms with E-state index in [4.69, 9.17) is 14.0 Å². The summed E-state index contributed by atoms with van der Waals surface area (Å²) in [5.74, 6) is 0. The van der Waals surface area contributed by atoms with Crippen molar-refractivity contribution in [2.24, 2.45) is 0 Å². The van der Waals surface area contributed by atoms with E-state index in [0.717, 1.165) is 12.8 Å². The van der Waals surface area contributed by atoms with Crippen LogP contribution >= 0.6 is 0 Å². The summed E-state index contributed by atoms with van der Waals surface area (Å²) in [5.41, 5.74) is -1.20. The van der Waals surface area contributed by atoms with E-state index in [1.165, 1.54) is 0 Å². The predicted molar refractivity (Wildman–Crippen MR) is 45.9 cm³/mol. The van der Waals surface area contributed by atoms with Crippen LogP contribution in [0.1, 0.15) is 19.8 Å². The minimum atomic E-state index is -4.13. The van der Waals surface area contributed by atoms with Crippen molar-refractivity contribution in [2.75, 3.05) is 13.2 Å². The lowest BCUT2D eigenvalue weighted by atomic mass is 10.4. The minimum Gasteiger partial charge on any atom is -0.369 e. The van der Waals surface area contributed by atoms with Crippen molar-refractivity contribution < 1.29 is 22.4 Å². The number of rotatable bonds is 6. The van der Waals surface area contributed by atoms with Gasteiger partial charge in [0, 0.05) is 6.61 Å². The first-order chi connectivity index (χ1) is 6.05. The van der Waals surface area contributed by atoms with Crippen LogP contribution in [0.4, 0.5) is 0 Å². The van der Waals surface area contributed by atoms with Gasteiger partial charge in [-0.15, -0.1) is 0 Å². The predicted octanol–water partition coefficient (Wildman–Crippen LogP) is 0.416. The molecule has 2 atom stereocenters. The Morgan fingerprint density at radius 1 is 1.69 bits per heavy atom. The van der Waals surface area contributed by atoms with Crippen molar-refractivity contribution in [1.82, 2.24) is 0 Å². The van der Waals surface area contributed by atoms with E-state index in [1.807, 2.05) is 6.92 Å². The number of hydrogen-bond donors (Lipinski definition) is 1. The Kier molecular flexibility index (Phi) is 3.66. The molecule has 1 saturated heterocycles. The Bertz CT molecular complexity index is 244. The molecule has 78 valence electrons. The molecule has 0 aromatic rings. The molecule has 0 aromatic heterocycles. The van der Waals surface area contributed by atoms with Crippen LogP contribution in [-0.4, -0.2) is 37.7 Å². The van der Waals surface area contributed by atoms with Crippen LogP contribution in [0.3, 0.4) is 0 Å². The van der Waals surface area contributed by atoms with E-state index in [1.54, 1.807) is 0 Å². The van der Waals surface area contributed by atoms with Crippen LogP contribution < -0.4 is 0 Å². The highest BCUT2D eigenvalue weighted by Crippen LogP contribution is 2.21. The Balaban J connectivity index is 2.39. The highest BCUT2D eigenvalue weighted by molar-refractivity contribution is 7.86. The molecule has 0 bridgehead atoms. The van der Waals surface area contributed by atoms with Crippen LogP contribution in [-0.2, 0) is 19.6 Å². The average Bonchev–Trinajstić information content (AvgIpc) is 2.78. The van der Waals surface area contributed by atoms with Crippen molar-refractivity contribution in [3.8, 4) is 0 Å². The molecule has 0 radical (unpaired) electrons. The Morgan fingerprint density at radius 2 is 2.31 bits per heavy atom. The lowest BCUT2D eigenvalue weighted by Crippen LogP contribution is -2.29. The summed E-state index contributed by atoms with van der Waals surface area (Å²) in [7, 11) is -4.13. The molecule has 1 rings (SSSR count). The second-order valence-electron chi connectivity index (χ2n) is 2.98. The third-order valence-electron chi connectivity index (χ3n) is 1.74. The van der Waals surface area contributed by atoms with Crippen LogP contribution in [0.15, 0.2) is 0 Å². The maximum absolute atomic E-state index is 10.8. The van der Waals surface area contributed by atoms with Crippen molar-refractivity contribution in [1.29, 1.82) is 0 Å². The SMILES string of the molecule is CCCCOC(C1CO1)S(=O)(=O)O. The van der Waals surface area contributed by atoms with E-state index in [0.29, 0.717) is 13.2 Å². The number of ether oxygens (including phenoxy) is 2. The number of hydrogen-bond acceptors (Lipinski definition) is 4. The summed E-state index contributed by atoms with van der Waals surface area (Å²) in [5, 5.41) is 0. The molecule has 0 amide bonds. The van der Waals surface area contributed by atoms with E-state index in [2.05, 4.69) is 0 Å². The van der Waals surface area contributed by atoms with Crippen LogP contribution in [0.5, 0.6) is 0 Å². The summed E-state index contributed by atoms with van der Waals surface area (Å²) in [6, 6.07) is 0. The van der Waals surface area contributed by atoms with Crippen LogP contribution in [0.2, 0.25) is 0 Å². The Hall–Kier alpha value is -0.170. The molecule has 6 heteroatoms. The van der Waals surface area contributed by atoms with Gasteiger partial charge in [0.2, 0.25) is 5.44 Å². The van der Waals surface area contributed by atoms with Crippen molar-refractivity contribution >= 4 is 10.1 Å². The topological polar surface area (TPSA) is 76.1 Å². The first-order valence-corrected chi connectivity index (χ1v) is 5.75. The molecule has 1 heterocycles. The van der Waals surface area contributed by atoms with Gasteiger partial charge in [0.15, 0.2) is 0 Å². The summed E-state index contributed by atoms with van der Waals surface area (Å²) >= 11 is 0. The molecule has 0 spiro atoms. The monoisotopic (exact) mass is 210 g/mol. The smallest absolute Gasteiger partial charge is 0.295 e. The normalized spacial score (nSPS) is 24.3.